The van der Waals surface area contributed by atoms with Gasteiger partial charge in [-0.1, -0.05) is 84.9 Å². The maximum absolute atomic E-state index is 13.1. The van der Waals surface area contributed by atoms with Crippen molar-refractivity contribution in [2.45, 2.75) is 24.5 Å². The highest BCUT2D eigenvalue weighted by atomic mass is 16.6. The van der Waals surface area contributed by atoms with Gasteiger partial charge >= 0.3 is 6.09 Å². The Balaban J connectivity index is 1.69. The molecule has 0 radical (unpaired) electrons. The van der Waals surface area contributed by atoms with E-state index >= 15 is 0 Å². The summed E-state index contributed by atoms with van der Waals surface area (Å²) in [4.78, 5) is 15.0. The van der Waals surface area contributed by atoms with Gasteiger partial charge < -0.3 is 9.64 Å². The van der Waals surface area contributed by atoms with E-state index in [9.17, 15) is 4.79 Å². The monoisotopic (exact) mass is 355 g/mol. The fourth-order valence-corrected chi connectivity index (χ4v) is 4.55. The molecule has 1 saturated heterocycles. The summed E-state index contributed by atoms with van der Waals surface area (Å²) >= 11 is 0. The van der Waals surface area contributed by atoms with Gasteiger partial charge in [0.25, 0.3) is 0 Å². The molecule has 0 N–H and O–H groups in total. The third-order valence-electron chi connectivity index (χ3n) is 5.87. The normalized spacial score (nSPS) is 20.4. The third kappa shape index (κ3) is 2.54. The first kappa shape index (κ1) is 16.1. The van der Waals surface area contributed by atoms with Gasteiger partial charge in [0.05, 0.1) is 6.04 Å². The van der Waals surface area contributed by atoms with Crippen molar-refractivity contribution >= 4 is 6.09 Å². The van der Waals surface area contributed by atoms with E-state index < -0.39 is 5.60 Å². The molecule has 0 aromatic heterocycles. The molecule has 27 heavy (non-hydrogen) atoms. The minimum absolute atomic E-state index is 0.0246. The van der Waals surface area contributed by atoms with Gasteiger partial charge in [0, 0.05) is 24.1 Å². The van der Waals surface area contributed by atoms with Crippen molar-refractivity contribution in [1.82, 2.24) is 4.90 Å². The molecule has 0 aliphatic carbocycles. The smallest absolute Gasteiger partial charge is 0.411 e. The van der Waals surface area contributed by atoms with Gasteiger partial charge in [-0.3, -0.25) is 0 Å². The summed E-state index contributed by atoms with van der Waals surface area (Å²) in [5.41, 5.74) is 3.85. The molecule has 1 unspecified atom stereocenters. The lowest BCUT2D eigenvalue weighted by Crippen LogP contribution is -2.52. The molecule has 0 saturated carbocycles. The van der Waals surface area contributed by atoms with E-state index in [4.69, 9.17) is 4.74 Å². The van der Waals surface area contributed by atoms with E-state index in [1.165, 1.54) is 11.1 Å². The van der Waals surface area contributed by atoms with E-state index in [0.29, 0.717) is 13.0 Å². The van der Waals surface area contributed by atoms with Crippen LogP contribution in [0.4, 0.5) is 4.79 Å². The standard InChI is InChI=1S/C24H21NO2/c26-23-25-16-15-18-9-7-8-14-21(18)22(25)17-24(27-23,19-10-3-1-4-11-19)20-12-5-2-6-13-20/h1-14,22H,15-17H2. The highest BCUT2D eigenvalue weighted by Crippen LogP contribution is 2.49. The number of cyclic esters (lactones) is 1. The first-order valence-electron chi connectivity index (χ1n) is 9.46. The average Bonchev–Trinajstić information content (AvgIpc) is 2.74. The van der Waals surface area contributed by atoms with Crippen LogP contribution >= 0.6 is 0 Å². The van der Waals surface area contributed by atoms with Crippen LogP contribution in [0.25, 0.3) is 0 Å². The molecule has 0 bridgehead atoms. The van der Waals surface area contributed by atoms with Gasteiger partial charge in [0.2, 0.25) is 0 Å². The van der Waals surface area contributed by atoms with E-state index in [1.807, 2.05) is 41.3 Å². The van der Waals surface area contributed by atoms with Gasteiger partial charge in [-0.15, -0.1) is 0 Å². The minimum atomic E-state index is -0.773. The zero-order valence-corrected chi connectivity index (χ0v) is 15.0. The van der Waals surface area contributed by atoms with E-state index in [0.717, 1.165) is 17.5 Å². The van der Waals surface area contributed by atoms with Crippen LogP contribution in [0, 0.1) is 0 Å². The summed E-state index contributed by atoms with van der Waals surface area (Å²) < 4.78 is 6.22. The van der Waals surface area contributed by atoms with Crippen molar-refractivity contribution in [1.29, 1.82) is 0 Å². The molecular formula is C24H21NO2. The molecule has 134 valence electrons. The van der Waals surface area contributed by atoms with Crippen molar-refractivity contribution < 1.29 is 9.53 Å². The minimum Gasteiger partial charge on any atom is -0.433 e. The Kier molecular flexibility index (Phi) is 3.75. The molecule has 5 rings (SSSR count). The molecule has 1 amide bonds. The van der Waals surface area contributed by atoms with E-state index in [1.54, 1.807) is 0 Å². The van der Waals surface area contributed by atoms with Crippen LogP contribution in [-0.2, 0) is 16.8 Å². The number of ether oxygens (including phenoxy) is 1. The number of amides is 1. The predicted octanol–water partition coefficient (Wildman–Crippen LogP) is 5.07. The summed E-state index contributed by atoms with van der Waals surface area (Å²) in [7, 11) is 0. The van der Waals surface area contributed by atoms with Crippen LogP contribution in [0.1, 0.15) is 34.7 Å². The zero-order chi connectivity index (χ0) is 18.3. The van der Waals surface area contributed by atoms with Crippen molar-refractivity contribution in [2.24, 2.45) is 0 Å². The number of rotatable bonds is 2. The third-order valence-corrected chi connectivity index (χ3v) is 5.87. The lowest BCUT2D eigenvalue weighted by atomic mass is 9.76. The van der Waals surface area contributed by atoms with E-state index in [2.05, 4.69) is 48.5 Å². The molecular weight excluding hydrogens is 334 g/mol. The van der Waals surface area contributed by atoms with Crippen molar-refractivity contribution in [3.8, 4) is 0 Å². The first-order valence-corrected chi connectivity index (χ1v) is 9.46. The number of hydrogen-bond acceptors (Lipinski definition) is 2. The second kappa shape index (κ2) is 6.27. The Hall–Kier alpha value is -3.07. The second-order valence-corrected chi connectivity index (χ2v) is 7.29. The van der Waals surface area contributed by atoms with E-state index in [-0.39, 0.29) is 12.1 Å². The Bertz CT molecular complexity index is 928. The summed E-state index contributed by atoms with van der Waals surface area (Å²) in [6.07, 6.45) is 1.36. The van der Waals surface area contributed by atoms with Gasteiger partial charge in [-0.25, -0.2) is 4.79 Å². The summed E-state index contributed by atoms with van der Waals surface area (Å²) in [5.74, 6) is 0. The topological polar surface area (TPSA) is 29.5 Å². The van der Waals surface area contributed by atoms with Crippen LogP contribution in [0.15, 0.2) is 84.9 Å². The highest BCUT2D eigenvalue weighted by molar-refractivity contribution is 5.72. The molecule has 3 aromatic carbocycles. The maximum Gasteiger partial charge on any atom is 0.411 e. The number of nitrogens with zero attached hydrogens (tertiary/aromatic N) is 1. The number of hydrogen-bond donors (Lipinski definition) is 0. The van der Waals surface area contributed by atoms with Crippen LogP contribution in [0.2, 0.25) is 0 Å². The number of fused-ring (bicyclic) bond motifs is 3. The molecule has 1 atom stereocenters. The summed E-state index contributed by atoms with van der Waals surface area (Å²) in [5, 5.41) is 0. The molecule has 2 aliphatic heterocycles. The van der Waals surface area contributed by atoms with Gasteiger partial charge in [0.1, 0.15) is 0 Å². The quantitative estimate of drug-likeness (QED) is 0.642. The van der Waals surface area contributed by atoms with Gasteiger partial charge in [-0.05, 0) is 17.5 Å². The molecule has 2 heterocycles. The van der Waals surface area contributed by atoms with Crippen molar-refractivity contribution in [3.05, 3.63) is 107 Å². The van der Waals surface area contributed by atoms with Crippen molar-refractivity contribution in [3.63, 3.8) is 0 Å². The Morgan fingerprint density at radius 1 is 0.815 bits per heavy atom. The Morgan fingerprint density at radius 2 is 1.41 bits per heavy atom. The SMILES string of the molecule is O=C1OC(c2ccccc2)(c2ccccc2)CC2c3ccccc3CCN12. The van der Waals surface area contributed by atoms with Gasteiger partial charge in [0.15, 0.2) is 5.60 Å². The highest BCUT2D eigenvalue weighted by Gasteiger charge is 2.49. The van der Waals surface area contributed by atoms with Crippen LogP contribution < -0.4 is 0 Å². The predicted molar refractivity (Wildman–Crippen MR) is 104 cm³/mol. The second-order valence-electron chi connectivity index (χ2n) is 7.29. The Labute approximate surface area is 159 Å². The molecule has 2 aliphatic rings. The average molecular weight is 355 g/mol. The molecule has 3 aromatic rings. The molecule has 3 nitrogen and oxygen atoms in total. The zero-order valence-electron chi connectivity index (χ0n) is 15.0. The first-order chi connectivity index (χ1) is 13.3. The maximum atomic E-state index is 13.1. The van der Waals surface area contributed by atoms with Crippen molar-refractivity contribution in [2.75, 3.05) is 6.54 Å². The number of carbonyl (C=O) groups excluding carboxylic acids is 1. The van der Waals surface area contributed by atoms with Crippen LogP contribution in [-0.4, -0.2) is 17.5 Å². The largest absolute Gasteiger partial charge is 0.433 e. The molecule has 0 spiro atoms. The number of benzene rings is 3. The summed E-state index contributed by atoms with van der Waals surface area (Å²) in [6, 6.07) is 28.8. The van der Waals surface area contributed by atoms with Crippen LogP contribution in [0.3, 0.4) is 0 Å². The Morgan fingerprint density at radius 3 is 2.07 bits per heavy atom. The van der Waals surface area contributed by atoms with Gasteiger partial charge in [-0.2, -0.15) is 0 Å². The summed E-state index contributed by atoms with van der Waals surface area (Å²) in [6.45, 7) is 0.709. The number of carbonyl (C=O) groups is 1. The fourth-order valence-electron chi connectivity index (χ4n) is 4.55. The lowest BCUT2D eigenvalue weighted by Gasteiger charge is -2.48. The molecule has 3 heteroatoms. The van der Waals surface area contributed by atoms with Crippen LogP contribution in [0.5, 0.6) is 0 Å². The molecule has 1 fully saturated rings. The fraction of sp³-hybridized carbons (Fsp3) is 0.208. The lowest BCUT2D eigenvalue weighted by molar-refractivity contribution is -0.0540.